The van der Waals surface area contributed by atoms with E-state index in [1.165, 1.54) is 0 Å². The quantitative estimate of drug-likeness (QED) is 0.728. The van der Waals surface area contributed by atoms with E-state index in [9.17, 15) is 14.7 Å². The van der Waals surface area contributed by atoms with Gasteiger partial charge in [-0.25, -0.2) is 0 Å². The second-order valence-electron chi connectivity index (χ2n) is 5.60. The van der Waals surface area contributed by atoms with E-state index in [2.05, 4.69) is 10.6 Å². The van der Waals surface area contributed by atoms with Gasteiger partial charge >= 0.3 is 0 Å². The first-order valence-corrected chi connectivity index (χ1v) is 7.90. The lowest BCUT2D eigenvalue weighted by molar-refractivity contribution is -0.121. The molecule has 2 rings (SSSR count). The van der Waals surface area contributed by atoms with Crippen molar-refractivity contribution in [2.24, 2.45) is 0 Å². The number of amides is 2. The van der Waals surface area contributed by atoms with Crippen LogP contribution in [0.2, 0.25) is 0 Å². The molecule has 0 saturated heterocycles. The van der Waals surface area contributed by atoms with Gasteiger partial charge in [-0.15, -0.1) is 0 Å². The second-order valence-corrected chi connectivity index (χ2v) is 5.60. The summed E-state index contributed by atoms with van der Waals surface area (Å²) in [6.07, 6.45) is 0.418. The van der Waals surface area contributed by atoms with E-state index in [1.807, 2.05) is 43.3 Å². The number of nitrogens with one attached hydrogen (secondary N) is 2. The minimum atomic E-state index is -0.293. The first-order valence-electron chi connectivity index (χ1n) is 7.90. The van der Waals surface area contributed by atoms with Gasteiger partial charge in [-0.3, -0.25) is 9.59 Å². The Balaban J connectivity index is 1.90. The minimum absolute atomic E-state index is 0.0322. The molecule has 3 N–H and O–H groups in total. The molecule has 2 aromatic rings. The van der Waals surface area contributed by atoms with E-state index in [0.717, 1.165) is 11.1 Å². The first kappa shape index (κ1) is 17.7. The molecule has 126 valence electrons. The maximum atomic E-state index is 12.1. The Morgan fingerprint density at radius 3 is 2.50 bits per heavy atom. The number of benzene rings is 2. The van der Waals surface area contributed by atoms with E-state index in [-0.39, 0.29) is 31.0 Å². The molecule has 0 bridgehead atoms. The molecule has 0 aromatic heterocycles. The van der Waals surface area contributed by atoms with Gasteiger partial charge in [0.05, 0.1) is 12.6 Å². The van der Waals surface area contributed by atoms with E-state index >= 15 is 0 Å². The summed E-state index contributed by atoms with van der Waals surface area (Å²) < 4.78 is 0. The maximum Gasteiger partial charge on any atom is 0.251 e. The summed E-state index contributed by atoms with van der Waals surface area (Å²) in [4.78, 5) is 24.1. The van der Waals surface area contributed by atoms with Gasteiger partial charge < -0.3 is 15.7 Å². The molecule has 24 heavy (non-hydrogen) atoms. The van der Waals surface area contributed by atoms with Crippen molar-refractivity contribution in [3.8, 4) is 0 Å². The van der Waals surface area contributed by atoms with Crippen LogP contribution in [-0.2, 0) is 4.79 Å². The standard InChI is InChI=1S/C19H22N2O3/c1-14-6-5-9-16(12-14)19(24)20-13-18(23)21-17(10-11-22)15-7-3-2-4-8-15/h2-9,12,17,22H,10-11,13H2,1H3,(H,20,24)(H,21,23). The molecule has 5 nitrogen and oxygen atoms in total. The predicted octanol–water partition coefficient (Wildman–Crippen LogP) is 1.96. The first-order chi connectivity index (χ1) is 11.6. The van der Waals surface area contributed by atoms with Crippen LogP contribution in [0.15, 0.2) is 54.6 Å². The molecule has 0 heterocycles. The van der Waals surface area contributed by atoms with Crippen LogP contribution in [0.1, 0.15) is 33.9 Å². The molecule has 1 atom stereocenters. The van der Waals surface area contributed by atoms with Gasteiger partial charge in [0.2, 0.25) is 5.91 Å². The summed E-state index contributed by atoms with van der Waals surface area (Å²) in [5, 5.41) is 14.6. The normalized spacial score (nSPS) is 11.6. The third kappa shape index (κ3) is 5.21. The lowest BCUT2D eigenvalue weighted by Gasteiger charge is -2.18. The van der Waals surface area contributed by atoms with Crippen LogP contribution in [0.25, 0.3) is 0 Å². The number of carbonyl (C=O) groups is 2. The van der Waals surface area contributed by atoms with Crippen LogP contribution in [0.5, 0.6) is 0 Å². The van der Waals surface area contributed by atoms with Crippen LogP contribution in [0.4, 0.5) is 0 Å². The topological polar surface area (TPSA) is 78.4 Å². The van der Waals surface area contributed by atoms with E-state index < -0.39 is 0 Å². The Morgan fingerprint density at radius 1 is 1.08 bits per heavy atom. The van der Waals surface area contributed by atoms with E-state index in [4.69, 9.17) is 0 Å². The predicted molar refractivity (Wildman–Crippen MR) is 92.5 cm³/mol. The maximum absolute atomic E-state index is 12.1. The highest BCUT2D eigenvalue weighted by atomic mass is 16.3. The molecule has 0 radical (unpaired) electrons. The van der Waals surface area contributed by atoms with Gasteiger partial charge in [-0.1, -0.05) is 48.0 Å². The monoisotopic (exact) mass is 326 g/mol. The number of carbonyl (C=O) groups excluding carboxylic acids is 2. The number of hydrogen-bond donors (Lipinski definition) is 3. The third-order valence-electron chi connectivity index (χ3n) is 3.64. The highest BCUT2D eigenvalue weighted by Gasteiger charge is 2.15. The van der Waals surface area contributed by atoms with Crippen LogP contribution in [0.3, 0.4) is 0 Å². The molecule has 0 spiro atoms. The van der Waals surface area contributed by atoms with Gasteiger partial charge in [0, 0.05) is 12.2 Å². The van der Waals surface area contributed by atoms with Crippen molar-refractivity contribution in [1.29, 1.82) is 0 Å². The summed E-state index contributed by atoms with van der Waals surface area (Å²) in [7, 11) is 0. The van der Waals surface area contributed by atoms with Crippen molar-refractivity contribution in [3.05, 3.63) is 71.3 Å². The summed E-state index contributed by atoms with van der Waals surface area (Å²) in [6, 6.07) is 16.3. The summed E-state index contributed by atoms with van der Waals surface area (Å²) in [6.45, 7) is 1.76. The fourth-order valence-corrected chi connectivity index (χ4v) is 2.43. The Morgan fingerprint density at radius 2 is 1.83 bits per heavy atom. The molecule has 0 fully saturated rings. The van der Waals surface area contributed by atoms with Crippen molar-refractivity contribution in [1.82, 2.24) is 10.6 Å². The van der Waals surface area contributed by atoms with Gasteiger partial charge in [-0.05, 0) is 31.0 Å². The molecule has 0 aliphatic carbocycles. The number of rotatable bonds is 7. The average Bonchev–Trinajstić information content (AvgIpc) is 2.60. The molecule has 0 aliphatic heterocycles. The fraction of sp³-hybridized carbons (Fsp3) is 0.263. The van der Waals surface area contributed by atoms with Gasteiger partial charge in [-0.2, -0.15) is 0 Å². The molecular weight excluding hydrogens is 304 g/mol. The Hall–Kier alpha value is -2.66. The van der Waals surface area contributed by atoms with Crippen molar-refractivity contribution >= 4 is 11.8 Å². The zero-order valence-corrected chi connectivity index (χ0v) is 13.7. The molecule has 0 aliphatic rings. The molecular formula is C19H22N2O3. The number of aliphatic hydroxyl groups excluding tert-OH is 1. The third-order valence-corrected chi connectivity index (χ3v) is 3.64. The summed E-state index contributed by atoms with van der Waals surface area (Å²) in [5.74, 6) is -0.578. The minimum Gasteiger partial charge on any atom is -0.396 e. The van der Waals surface area contributed by atoms with E-state index in [0.29, 0.717) is 12.0 Å². The van der Waals surface area contributed by atoms with Crippen LogP contribution < -0.4 is 10.6 Å². The lowest BCUT2D eigenvalue weighted by Crippen LogP contribution is -2.39. The van der Waals surface area contributed by atoms with Gasteiger partial charge in [0.25, 0.3) is 5.91 Å². The summed E-state index contributed by atoms with van der Waals surface area (Å²) >= 11 is 0. The van der Waals surface area contributed by atoms with Crippen LogP contribution in [0, 0.1) is 6.92 Å². The molecule has 1 unspecified atom stereocenters. The Labute approximate surface area is 141 Å². The molecule has 0 saturated carbocycles. The van der Waals surface area contributed by atoms with Gasteiger partial charge in [0.1, 0.15) is 0 Å². The zero-order valence-electron chi connectivity index (χ0n) is 13.7. The SMILES string of the molecule is Cc1cccc(C(=O)NCC(=O)NC(CCO)c2ccccc2)c1. The fourth-order valence-electron chi connectivity index (χ4n) is 2.43. The van der Waals surface area contributed by atoms with Crippen LogP contribution in [-0.4, -0.2) is 30.1 Å². The number of aryl methyl sites for hydroxylation is 1. The van der Waals surface area contributed by atoms with Crippen molar-refractivity contribution < 1.29 is 14.7 Å². The summed E-state index contributed by atoms with van der Waals surface area (Å²) in [5.41, 5.74) is 2.43. The smallest absolute Gasteiger partial charge is 0.251 e. The molecule has 2 amide bonds. The van der Waals surface area contributed by atoms with Crippen molar-refractivity contribution in [3.63, 3.8) is 0 Å². The Bertz CT molecular complexity index is 686. The second kappa shape index (κ2) is 8.84. The van der Waals surface area contributed by atoms with Gasteiger partial charge in [0.15, 0.2) is 0 Å². The largest absolute Gasteiger partial charge is 0.396 e. The average molecular weight is 326 g/mol. The van der Waals surface area contributed by atoms with Crippen molar-refractivity contribution in [2.75, 3.05) is 13.2 Å². The Kier molecular flexibility index (Phi) is 6.51. The molecule has 2 aromatic carbocycles. The number of hydrogen-bond acceptors (Lipinski definition) is 3. The highest BCUT2D eigenvalue weighted by Crippen LogP contribution is 2.15. The zero-order chi connectivity index (χ0) is 17.4. The van der Waals surface area contributed by atoms with Crippen LogP contribution >= 0.6 is 0 Å². The lowest BCUT2D eigenvalue weighted by atomic mass is 10.0. The number of aliphatic hydroxyl groups is 1. The molecule has 5 heteroatoms. The van der Waals surface area contributed by atoms with Crippen molar-refractivity contribution in [2.45, 2.75) is 19.4 Å². The highest BCUT2D eigenvalue weighted by molar-refractivity contribution is 5.96. The van der Waals surface area contributed by atoms with E-state index in [1.54, 1.807) is 18.2 Å².